The van der Waals surface area contributed by atoms with Gasteiger partial charge in [-0.2, -0.15) is 0 Å². The Hall–Kier alpha value is -0.280. The van der Waals surface area contributed by atoms with E-state index in [1.165, 1.54) is 0 Å². The second kappa shape index (κ2) is 11.8. The van der Waals surface area contributed by atoms with Crippen molar-refractivity contribution >= 4 is 53.0 Å². The van der Waals surface area contributed by atoms with E-state index in [1.54, 1.807) is 30.1 Å². The Labute approximate surface area is 134 Å². The topological polar surface area (TPSA) is 49.3 Å². The minimum absolute atomic E-state index is 0. The maximum Gasteiger partial charge on any atom is 0.191 e. The zero-order valence-corrected chi connectivity index (χ0v) is 14.4. The summed E-state index contributed by atoms with van der Waals surface area (Å²) in [5, 5.41) is 8.37. The summed E-state index contributed by atoms with van der Waals surface area (Å²) in [6, 6.07) is 0. The zero-order valence-electron chi connectivity index (χ0n) is 10.4. The predicted molar refractivity (Wildman–Crippen MR) is 92.4 cm³/mol. The Kier molecular flexibility index (Phi) is 11.6. The molecule has 4 nitrogen and oxygen atoms in total. The summed E-state index contributed by atoms with van der Waals surface area (Å²) in [6.45, 7) is 5.29. The number of nitrogens with one attached hydrogen (secondary N) is 2. The molecule has 2 N–H and O–H groups in total. The number of thioether (sulfide) groups is 1. The summed E-state index contributed by atoms with van der Waals surface area (Å²) in [7, 11) is 1.77. The van der Waals surface area contributed by atoms with Crippen LogP contribution in [-0.4, -0.2) is 36.8 Å². The van der Waals surface area contributed by atoms with Gasteiger partial charge in [-0.25, -0.2) is 4.98 Å². The monoisotopic (exact) mass is 398 g/mol. The Morgan fingerprint density at radius 3 is 3.06 bits per heavy atom. The van der Waals surface area contributed by atoms with E-state index in [0.29, 0.717) is 0 Å². The number of nitrogens with zero attached hydrogens (tertiary/aromatic N) is 2. The molecule has 0 atom stereocenters. The van der Waals surface area contributed by atoms with E-state index in [1.807, 2.05) is 17.7 Å². The van der Waals surface area contributed by atoms with Gasteiger partial charge in [0, 0.05) is 37.5 Å². The molecule has 0 saturated heterocycles. The Morgan fingerprint density at radius 2 is 2.44 bits per heavy atom. The van der Waals surface area contributed by atoms with E-state index in [4.69, 9.17) is 0 Å². The van der Waals surface area contributed by atoms with Crippen LogP contribution in [-0.2, 0) is 0 Å². The van der Waals surface area contributed by atoms with Crippen molar-refractivity contribution in [3.8, 4) is 0 Å². The van der Waals surface area contributed by atoms with E-state index in [0.717, 1.165) is 35.6 Å². The molecule has 0 amide bonds. The fourth-order valence-corrected chi connectivity index (χ4v) is 2.76. The average molecular weight is 398 g/mol. The number of halogens is 1. The van der Waals surface area contributed by atoms with Gasteiger partial charge >= 0.3 is 0 Å². The van der Waals surface area contributed by atoms with E-state index in [9.17, 15) is 0 Å². The van der Waals surface area contributed by atoms with Gasteiger partial charge in [0.2, 0.25) is 0 Å². The fraction of sp³-hybridized carbons (Fsp3) is 0.455. The number of guanidine groups is 1. The van der Waals surface area contributed by atoms with Gasteiger partial charge in [0.25, 0.3) is 0 Å². The maximum absolute atomic E-state index is 4.22. The largest absolute Gasteiger partial charge is 0.356 e. The molecule has 102 valence electrons. The number of aromatic nitrogens is 1. The molecule has 0 saturated carbocycles. The van der Waals surface area contributed by atoms with E-state index in [-0.39, 0.29) is 24.0 Å². The highest BCUT2D eigenvalue weighted by Crippen LogP contribution is 2.20. The SMILES string of the molecule is C=CCNC(=NC)NCCCSc1nccs1.I. The van der Waals surface area contributed by atoms with Crippen LogP contribution in [0, 0.1) is 0 Å². The summed E-state index contributed by atoms with van der Waals surface area (Å²) in [5.74, 6) is 1.89. The standard InChI is InChI=1S/C11H18N4S2.HI/c1-3-5-13-10(12-2)14-6-4-8-16-11-15-7-9-17-11;/h3,7,9H,1,4-6,8H2,2H3,(H2,12,13,14);1H. The minimum Gasteiger partial charge on any atom is -0.356 e. The van der Waals surface area contributed by atoms with Gasteiger partial charge in [0.15, 0.2) is 5.96 Å². The predicted octanol–water partition coefficient (Wildman–Crippen LogP) is 2.59. The van der Waals surface area contributed by atoms with Crippen LogP contribution in [0.5, 0.6) is 0 Å². The van der Waals surface area contributed by atoms with Crippen LogP contribution in [0.1, 0.15) is 6.42 Å². The molecule has 0 spiro atoms. The molecule has 0 aliphatic heterocycles. The molecule has 0 fully saturated rings. The van der Waals surface area contributed by atoms with Gasteiger partial charge in [-0.05, 0) is 6.42 Å². The average Bonchev–Trinajstić information content (AvgIpc) is 2.85. The first-order chi connectivity index (χ1) is 8.36. The molecule has 0 aromatic carbocycles. The van der Waals surface area contributed by atoms with Gasteiger partial charge in [-0.15, -0.1) is 41.9 Å². The van der Waals surface area contributed by atoms with Crippen molar-refractivity contribution in [2.24, 2.45) is 4.99 Å². The van der Waals surface area contributed by atoms with E-state index in [2.05, 4.69) is 27.2 Å². The number of aliphatic imine (C=N–C) groups is 1. The van der Waals surface area contributed by atoms with Crippen LogP contribution in [0.3, 0.4) is 0 Å². The van der Waals surface area contributed by atoms with Crippen molar-refractivity contribution in [3.05, 3.63) is 24.2 Å². The molecular weight excluding hydrogens is 379 g/mol. The van der Waals surface area contributed by atoms with Crippen molar-refractivity contribution in [3.63, 3.8) is 0 Å². The highest BCUT2D eigenvalue weighted by atomic mass is 127. The van der Waals surface area contributed by atoms with Gasteiger partial charge in [0.05, 0.1) is 0 Å². The Balaban J connectivity index is 0.00000289. The van der Waals surface area contributed by atoms with Crippen molar-refractivity contribution in [1.29, 1.82) is 0 Å². The van der Waals surface area contributed by atoms with Crippen LogP contribution in [0.4, 0.5) is 0 Å². The normalized spacial score (nSPS) is 10.6. The van der Waals surface area contributed by atoms with Crippen LogP contribution in [0.2, 0.25) is 0 Å². The second-order valence-electron chi connectivity index (χ2n) is 3.17. The molecule has 0 unspecified atom stereocenters. The Bertz CT molecular complexity index is 341. The molecule has 7 heteroatoms. The molecule has 1 aromatic heterocycles. The lowest BCUT2D eigenvalue weighted by atomic mass is 10.5. The highest BCUT2D eigenvalue weighted by molar-refractivity contribution is 14.0. The van der Waals surface area contributed by atoms with Crippen LogP contribution < -0.4 is 10.6 Å². The number of hydrogen-bond acceptors (Lipinski definition) is 4. The van der Waals surface area contributed by atoms with Crippen molar-refractivity contribution in [2.45, 2.75) is 10.8 Å². The molecule has 1 rings (SSSR count). The van der Waals surface area contributed by atoms with E-state index < -0.39 is 0 Å². The number of hydrogen-bond donors (Lipinski definition) is 2. The molecule has 0 bridgehead atoms. The quantitative estimate of drug-likeness (QED) is 0.185. The second-order valence-corrected chi connectivity index (χ2v) is 5.41. The summed E-state index contributed by atoms with van der Waals surface area (Å²) >= 11 is 3.48. The lowest BCUT2D eigenvalue weighted by Crippen LogP contribution is -2.37. The third-order valence-electron chi connectivity index (χ3n) is 1.89. The maximum atomic E-state index is 4.22. The molecule has 0 aliphatic carbocycles. The van der Waals surface area contributed by atoms with Crippen molar-refractivity contribution in [2.75, 3.05) is 25.9 Å². The lowest BCUT2D eigenvalue weighted by molar-refractivity contribution is 0.809. The van der Waals surface area contributed by atoms with Crippen LogP contribution in [0.15, 0.2) is 33.6 Å². The van der Waals surface area contributed by atoms with Crippen LogP contribution >= 0.6 is 47.1 Å². The number of rotatable bonds is 7. The summed E-state index contributed by atoms with van der Waals surface area (Å²) in [4.78, 5) is 8.32. The molecule has 18 heavy (non-hydrogen) atoms. The van der Waals surface area contributed by atoms with Crippen LogP contribution in [0.25, 0.3) is 0 Å². The summed E-state index contributed by atoms with van der Waals surface area (Å²) in [5.41, 5.74) is 0. The number of thiazole rings is 1. The first-order valence-electron chi connectivity index (χ1n) is 5.44. The Morgan fingerprint density at radius 1 is 1.61 bits per heavy atom. The lowest BCUT2D eigenvalue weighted by Gasteiger charge is -2.09. The first kappa shape index (κ1) is 17.7. The molecular formula is C11H19IN4S2. The smallest absolute Gasteiger partial charge is 0.191 e. The minimum atomic E-state index is 0. The van der Waals surface area contributed by atoms with Gasteiger partial charge in [0.1, 0.15) is 4.34 Å². The highest BCUT2D eigenvalue weighted by Gasteiger charge is 1.97. The molecule has 0 aliphatic rings. The fourth-order valence-electron chi connectivity index (χ4n) is 1.11. The summed E-state index contributed by atoms with van der Waals surface area (Å²) in [6.07, 6.45) is 4.73. The van der Waals surface area contributed by atoms with E-state index >= 15 is 0 Å². The first-order valence-corrected chi connectivity index (χ1v) is 7.31. The van der Waals surface area contributed by atoms with Crippen molar-refractivity contribution < 1.29 is 0 Å². The van der Waals surface area contributed by atoms with Gasteiger partial charge in [-0.1, -0.05) is 17.8 Å². The zero-order chi connectivity index (χ0) is 12.3. The molecule has 1 heterocycles. The van der Waals surface area contributed by atoms with Gasteiger partial charge < -0.3 is 10.6 Å². The summed E-state index contributed by atoms with van der Waals surface area (Å²) < 4.78 is 1.14. The molecule has 0 radical (unpaired) electrons. The van der Waals surface area contributed by atoms with Crippen molar-refractivity contribution in [1.82, 2.24) is 15.6 Å². The van der Waals surface area contributed by atoms with Gasteiger partial charge in [-0.3, -0.25) is 4.99 Å². The molecule has 1 aromatic rings. The third kappa shape index (κ3) is 7.93. The third-order valence-corrected chi connectivity index (χ3v) is 3.94.